The van der Waals surface area contributed by atoms with E-state index in [2.05, 4.69) is 10.3 Å². The molecule has 1 heterocycles. The number of hydrogen-bond acceptors (Lipinski definition) is 4. The lowest BCUT2D eigenvalue weighted by Gasteiger charge is -2.29. The summed E-state index contributed by atoms with van der Waals surface area (Å²) in [5, 5.41) is 3.83. The molecule has 1 N–H and O–H groups in total. The van der Waals surface area contributed by atoms with Gasteiger partial charge in [-0.25, -0.2) is 4.79 Å². The van der Waals surface area contributed by atoms with Gasteiger partial charge in [0.05, 0.1) is 7.11 Å². The molecule has 0 saturated carbocycles. The Morgan fingerprint density at radius 3 is 2.35 bits per heavy atom. The summed E-state index contributed by atoms with van der Waals surface area (Å²) in [4.78, 5) is 16.1. The predicted octanol–water partition coefficient (Wildman–Crippen LogP) is 3.24. The maximum absolute atomic E-state index is 12.2. The smallest absolute Gasteiger partial charge is 0.335 e. The molecule has 2 rings (SSSR count). The van der Waals surface area contributed by atoms with Crippen LogP contribution in [0.3, 0.4) is 0 Å². The molecule has 0 saturated heterocycles. The van der Waals surface area contributed by atoms with Gasteiger partial charge in [-0.2, -0.15) is 0 Å². The molecular weight excluding hydrogens is 276 g/mol. The molecule has 104 valence electrons. The van der Waals surface area contributed by atoms with E-state index in [0.717, 1.165) is 11.3 Å². The lowest BCUT2D eigenvalue weighted by atomic mass is 9.92. The summed E-state index contributed by atoms with van der Waals surface area (Å²) in [5.41, 5.74) is 0.555. The standard InChI is InChI=1S/C15H15ClN2O2/c1-15(14(19)20-2,11-7-9-17-10-8-11)18-13-5-3-12(16)4-6-13/h3-10,18H,1-2H3. The van der Waals surface area contributed by atoms with Crippen molar-refractivity contribution < 1.29 is 9.53 Å². The average Bonchev–Trinajstić information content (AvgIpc) is 2.49. The summed E-state index contributed by atoms with van der Waals surface area (Å²) in [5.74, 6) is -0.376. The van der Waals surface area contributed by atoms with Gasteiger partial charge in [0.25, 0.3) is 0 Å². The number of benzene rings is 1. The van der Waals surface area contributed by atoms with Gasteiger partial charge in [-0.05, 0) is 48.9 Å². The van der Waals surface area contributed by atoms with Gasteiger partial charge in [0, 0.05) is 23.1 Å². The second-order valence-corrected chi connectivity index (χ2v) is 4.92. The van der Waals surface area contributed by atoms with Gasteiger partial charge >= 0.3 is 5.97 Å². The van der Waals surface area contributed by atoms with Crippen molar-refractivity contribution in [1.82, 2.24) is 4.98 Å². The zero-order valence-corrected chi connectivity index (χ0v) is 12.0. The summed E-state index contributed by atoms with van der Waals surface area (Å²) in [6.07, 6.45) is 3.28. The van der Waals surface area contributed by atoms with E-state index in [1.54, 1.807) is 43.6 Å². The Morgan fingerprint density at radius 2 is 1.80 bits per heavy atom. The zero-order valence-electron chi connectivity index (χ0n) is 11.3. The van der Waals surface area contributed by atoms with Crippen molar-refractivity contribution in [2.24, 2.45) is 0 Å². The first-order valence-corrected chi connectivity index (χ1v) is 6.47. The third-order valence-corrected chi connectivity index (χ3v) is 3.34. The molecule has 0 aliphatic rings. The molecule has 0 fully saturated rings. The number of anilines is 1. The van der Waals surface area contributed by atoms with E-state index < -0.39 is 5.54 Å². The van der Waals surface area contributed by atoms with Gasteiger partial charge in [0.15, 0.2) is 5.54 Å². The Balaban J connectivity index is 2.38. The highest BCUT2D eigenvalue weighted by Gasteiger charge is 2.36. The number of nitrogens with one attached hydrogen (secondary N) is 1. The van der Waals surface area contributed by atoms with Gasteiger partial charge in [0.2, 0.25) is 0 Å². The molecule has 0 spiro atoms. The van der Waals surface area contributed by atoms with Crippen LogP contribution in [0.5, 0.6) is 0 Å². The van der Waals surface area contributed by atoms with E-state index in [-0.39, 0.29) is 5.97 Å². The van der Waals surface area contributed by atoms with Crippen LogP contribution in [0.2, 0.25) is 5.02 Å². The van der Waals surface area contributed by atoms with E-state index in [1.165, 1.54) is 7.11 Å². The fourth-order valence-corrected chi connectivity index (χ4v) is 2.08. The van der Waals surface area contributed by atoms with Crippen molar-refractivity contribution >= 4 is 23.3 Å². The van der Waals surface area contributed by atoms with Gasteiger partial charge in [0.1, 0.15) is 0 Å². The van der Waals surface area contributed by atoms with Crippen molar-refractivity contribution in [1.29, 1.82) is 0 Å². The minimum absolute atomic E-state index is 0.376. The Kier molecular flexibility index (Phi) is 4.25. The molecule has 5 heteroatoms. The van der Waals surface area contributed by atoms with Crippen molar-refractivity contribution in [3.8, 4) is 0 Å². The summed E-state index contributed by atoms with van der Waals surface area (Å²) in [7, 11) is 1.37. The second-order valence-electron chi connectivity index (χ2n) is 4.48. The van der Waals surface area contributed by atoms with Crippen molar-refractivity contribution in [2.45, 2.75) is 12.5 Å². The Hall–Kier alpha value is -2.07. The van der Waals surface area contributed by atoms with Crippen molar-refractivity contribution in [3.63, 3.8) is 0 Å². The molecule has 1 unspecified atom stereocenters. The van der Waals surface area contributed by atoms with E-state index >= 15 is 0 Å². The van der Waals surface area contributed by atoms with E-state index in [1.807, 2.05) is 12.1 Å². The fourth-order valence-electron chi connectivity index (χ4n) is 1.95. The van der Waals surface area contributed by atoms with E-state index in [0.29, 0.717) is 5.02 Å². The van der Waals surface area contributed by atoms with Gasteiger partial charge in [-0.3, -0.25) is 4.98 Å². The van der Waals surface area contributed by atoms with Crippen LogP contribution in [0.15, 0.2) is 48.8 Å². The van der Waals surface area contributed by atoms with Crippen LogP contribution in [-0.2, 0) is 15.1 Å². The number of pyridine rings is 1. The number of carbonyl (C=O) groups is 1. The summed E-state index contributed by atoms with van der Waals surface area (Å²) >= 11 is 5.86. The molecule has 0 aliphatic carbocycles. The third kappa shape index (κ3) is 2.91. The molecule has 1 atom stereocenters. The summed E-state index contributed by atoms with van der Waals surface area (Å²) < 4.78 is 4.92. The number of esters is 1. The second kappa shape index (κ2) is 5.92. The fraction of sp³-hybridized carbons (Fsp3) is 0.200. The quantitative estimate of drug-likeness (QED) is 0.878. The molecule has 1 aromatic carbocycles. The number of methoxy groups -OCH3 is 1. The topological polar surface area (TPSA) is 51.2 Å². The van der Waals surface area contributed by atoms with Crippen molar-refractivity contribution in [3.05, 3.63) is 59.4 Å². The van der Waals surface area contributed by atoms with E-state index in [9.17, 15) is 4.79 Å². The molecule has 0 radical (unpaired) electrons. The predicted molar refractivity (Wildman–Crippen MR) is 78.7 cm³/mol. The van der Waals surface area contributed by atoms with Gasteiger partial charge in [-0.1, -0.05) is 11.6 Å². The molecular formula is C15H15ClN2O2. The number of rotatable bonds is 4. The minimum Gasteiger partial charge on any atom is -0.467 e. The number of ether oxygens (including phenoxy) is 1. The maximum atomic E-state index is 12.2. The van der Waals surface area contributed by atoms with Crippen LogP contribution >= 0.6 is 11.6 Å². The molecule has 0 aliphatic heterocycles. The Bertz CT molecular complexity index is 587. The maximum Gasteiger partial charge on any atom is 0.335 e. The van der Waals surface area contributed by atoms with Crippen LogP contribution in [0.4, 0.5) is 5.69 Å². The number of halogens is 1. The van der Waals surface area contributed by atoms with E-state index in [4.69, 9.17) is 16.3 Å². The van der Waals surface area contributed by atoms with Crippen LogP contribution in [-0.4, -0.2) is 18.1 Å². The van der Waals surface area contributed by atoms with Crippen LogP contribution in [0, 0.1) is 0 Å². The summed E-state index contributed by atoms with van der Waals surface area (Å²) in [6, 6.07) is 10.7. The lowest BCUT2D eigenvalue weighted by molar-refractivity contribution is -0.145. The first-order valence-electron chi connectivity index (χ1n) is 6.09. The largest absolute Gasteiger partial charge is 0.467 e. The number of carbonyl (C=O) groups excluding carboxylic acids is 1. The van der Waals surface area contributed by atoms with Gasteiger partial charge < -0.3 is 10.1 Å². The highest BCUT2D eigenvalue weighted by Crippen LogP contribution is 2.27. The van der Waals surface area contributed by atoms with Gasteiger partial charge in [-0.15, -0.1) is 0 Å². The molecule has 0 bridgehead atoms. The highest BCUT2D eigenvalue weighted by atomic mass is 35.5. The normalized spacial score (nSPS) is 13.3. The van der Waals surface area contributed by atoms with Crippen LogP contribution in [0.1, 0.15) is 12.5 Å². The number of nitrogens with zero attached hydrogens (tertiary/aromatic N) is 1. The third-order valence-electron chi connectivity index (χ3n) is 3.09. The van der Waals surface area contributed by atoms with Crippen molar-refractivity contribution in [2.75, 3.05) is 12.4 Å². The molecule has 1 aromatic heterocycles. The minimum atomic E-state index is -0.995. The SMILES string of the molecule is COC(=O)C(C)(Nc1ccc(Cl)cc1)c1ccncc1. The van der Waals surface area contributed by atoms with Crippen LogP contribution < -0.4 is 5.32 Å². The molecule has 0 amide bonds. The Labute approximate surface area is 122 Å². The first kappa shape index (κ1) is 14.3. The summed E-state index contributed by atoms with van der Waals surface area (Å²) in [6.45, 7) is 1.77. The number of hydrogen-bond donors (Lipinski definition) is 1. The van der Waals surface area contributed by atoms with Crippen LogP contribution in [0.25, 0.3) is 0 Å². The molecule has 20 heavy (non-hydrogen) atoms. The highest BCUT2D eigenvalue weighted by molar-refractivity contribution is 6.30. The number of aromatic nitrogens is 1. The molecule has 4 nitrogen and oxygen atoms in total. The lowest BCUT2D eigenvalue weighted by Crippen LogP contribution is -2.41. The average molecular weight is 291 g/mol. The first-order chi connectivity index (χ1) is 9.56. The zero-order chi connectivity index (χ0) is 14.6. The molecule has 2 aromatic rings. The Morgan fingerprint density at radius 1 is 1.20 bits per heavy atom. The monoisotopic (exact) mass is 290 g/mol.